The Bertz CT molecular complexity index is 4840. The summed E-state index contributed by atoms with van der Waals surface area (Å²) < 4.78 is 189. The lowest BCUT2D eigenvalue weighted by atomic mass is 9.66. The third-order valence-corrected chi connectivity index (χ3v) is 26.4. The number of halogens is 8. The summed E-state index contributed by atoms with van der Waals surface area (Å²) in [6.45, 7) is 0. The van der Waals surface area contributed by atoms with Crippen LogP contribution in [0.3, 0.4) is 0 Å². The number of hydrogen-bond donors (Lipinski definition) is 15. The van der Waals surface area contributed by atoms with Gasteiger partial charge in [-0.15, -0.1) is 0 Å². The van der Waals surface area contributed by atoms with E-state index in [1.807, 2.05) is 193 Å². The van der Waals surface area contributed by atoms with Gasteiger partial charge in [0.1, 0.15) is 70.7 Å². The van der Waals surface area contributed by atoms with E-state index in [2.05, 4.69) is 79.9 Å². The van der Waals surface area contributed by atoms with Gasteiger partial charge in [0.15, 0.2) is 24.7 Å². The van der Waals surface area contributed by atoms with Gasteiger partial charge in [-0.25, -0.2) is 35.1 Å². The Kier molecular flexibility index (Phi) is 23.9. The molecule has 640 valence electrons. The second-order valence-electron chi connectivity index (χ2n) is 32.3. The molecular weight excluding hydrogens is 1560 g/mol. The van der Waals surface area contributed by atoms with E-state index in [0.29, 0.717) is 91.5 Å². The van der Waals surface area contributed by atoms with Gasteiger partial charge in [0.05, 0.1) is 188 Å². The summed E-state index contributed by atoms with van der Waals surface area (Å²) in [6, 6.07) is 54.1. The van der Waals surface area contributed by atoms with Crippen molar-refractivity contribution in [3.63, 3.8) is 0 Å². The largest absolute Gasteiger partial charge is 0.495 e. The minimum Gasteiger partial charge on any atom is -0.495 e. The minimum atomic E-state index is -3.00. The lowest BCUT2D eigenvalue weighted by Crippen LogP contribution is -2.71. The van der Waals surface area contributed by atoms with Crippen LogP contribution in [0.2, 0.25) is 0 Å². The molecule has 120 heavy (non-hydrogen) atoms. The Balaban J connectivity index is 0.960. The molecule has 31 unspecified atom stereocenters. The van der Waals surface area contributed by atoms with E-state index in [9.17, 15) is 0 Å². The molecule has 9 fully saturated rings. The van der Waals surface area contributed by atoms with Gasteiger partial charge in [-0.05, 0) is 109 Å². The summed E-state index contributed by atoms with van der Waals surface area (Å²) in [5, 5.41) is 56.3. The third-order valence-electron chi connectivity index (χ3n) is 26.4. The molecule has 17 rings (SSSR count). The van der Waals surface area contributed by atoms with Crippen LogP contribution >= 0.6 is 0 Å². The van der Waals surface area contributed by atoms with Gasteiger partial charge in [0, 0.05) is 47.5 Å². The number of methoxy groups -OCH3 is 8. The van der Waals surface area contributed by atoms with E-state index in [1.54, 1.807) is 55.8 Å². The molecule has 8 aromatic carbocycles. The van der Waals surface area contributed by atoms with Crippen LogP contribution in [0, 0.1) is 47.3 Å². The summed E-state index contributed by atoms with van der Waals surface area (Å²) in [7, 11) is 12.6. The number of nitrogens with zero attached hydrogens (tertiary/aromatic N) is 1. The first kappa shape index (κ1) is 82.0. The van der Waals surface area contributed by atoms with E-state index in [4.69, 9.17) is 37.9 Å². The number of ether oxygens (including phenoxy) is 8. The molecule has 24 nitrogen and oxygen atoms in total. The smallest absolute Gasteiger partial charge is 0.165 e. The molecular formula is C88H104F8N16O8. The van der Waals surface area contributed by atoms with E-state index in [1.165, 1.54) is 7.11 Å². The normalized spacial score (nSPS) is 36.0. The number of benzene rings is 8. The van der Waals surface area contributed by atoms with E-state index >= 15 is 35.1 Å². The molecule has 0 radical (unpaired) electrons. The molecule has 5 heterocycles. The monoisotopic (exact) mass is 1660 g/mol. The molecule has 8 bridgehead atoms. The van der Waals surface area contributed by atoms with Gasteiger partial charge in [-0.1, -0.05) is 97.1 Å². The number of rotatable bonds is 24. The highest BCUT2D eigenvalue weighted by Gasteiger charge is 2.70. The molecule has 5 saturated heterocycles. The maximum Gasteiger partial charge on any atom is 0.165 e. The van der Waals surface area contributed by atoms with Gasteiger partial charge in [-0.3, -0.25) is 37.2 Å². The Labute approximate surface area is 692 Å². The van der Waals surface area contributed by atoms with Crippen LogP contribution in [0.4, 0.5) is 80.6 Å². The highest BCUT2D eigenvalue weighted by Crippen LogP contribution is 2.55. The van der Waals surface area contributed by atoms with Crippen LogP contribution in [0.25, 0.3) is 0 Å². The van der Waals surface area contributed by atoms with Crippen molar-refractivity contribution in [3.8, 4) is 46.0 Å². The molecule has 4 saturated carbocycles. The van der Waals surface area contributed by atoms with E-state index in [0.717, 1.165) is 0 Å². The zero-order valence-corrected chi connectivity index (χ0v) is 67.3. The SMILES string of the molecule is COc1ccccc1NC1CC2C3NC(NC4C5C(Nc6ccccc6OC)C(Nc6ccccc6OC)C(Nc6ccccc6OC)C(Nc6ccccc6OC)C5C(NC5NC(NC6NC(N3)C3C(F)C(F)C(F)C(F)C63)C3C(F)C(F)C(F)C(F)C53)N4Nc3ccccc3OC)C2C(Nc2ccccc2OC)C1Nc1ccccc1OC. The number of fused-ring (bicyclic) bond motifs is 20. The zero-order valence-electron chi connectivity index (χ0n) is 67.3. The van der Waals surface area contributed by atoms with Gasteiger partial charge in [-0.2, -0.15) is 5.01 Å². The van der Waals surface area contributed by atoms with Crippen molar-refractivity contribution >= 4 is 45.5 Å². The average molecular weight is 1670 g/mol. The number of nitrogens with one attached hydrogen (secondary N) is 15. The molecule has 15 N–H and O–H groups in total. The predicted octanol–water partition coefficient (Wildman–Crippen LogP) is 11.6. The molecule has 0 amide bonds. The standard InChI is InChI=1S/C88H104F8N16O8/c1-113-52-33-17-9-25-43(52)97-51-41-42-60(76(99-45-27-11-19-35-54(45)115-3)75(51)98-44-26-10-18-34-53(44)114-2)82-104-81(42)105-83-61-62(68(90)72(94)71(93)67(61)89)84(106-83)107-85-63-64(70(92)74(96)73(95)69(63)91)86(108-85)110-88-66-65(87(109-82)112(88)111-50-32-16-24-40-59(50)120-8)77(100-46-28-12-20-36-55(46)116-4)79(102-48-30-14-22-38-57(48)118-6)80(103-49-31-15-23-39-58(49)119-7)78(66)101-47-29-13-21-37-56(47)117-5/h9-40,42,51,60-88,97-111H,41H2,1-8H3. The first-order chi connectivity index (χ1) is 58.5. The zero-order chi connectivity index (χ0) is 83.3. The fourth-order valence-electron chi connectivity index (χ4n) is 21.2. The van der Waals surface area contributed by atoms with Crippen molar-refractivity contribution < 1.29 is 73.0 Å². The summed E-state index contributed by atoms with van der Waals surface area (Å²) in [6.07, 6.45) is -33.1. The van der Waals surface area contributed by atoms with Gasteiger partial charge >= 0.3 is 0 Å². The Hall–Kier alpha value is -10.3. The molecule has 8 aromatic rings. The molecule has 4 aliphatic carbocycles. The minimum absolute atomic E-state index is 0.251. The van der Waals surface area contributed by atoms with Gasteiger partial charge in [0.2, 0.25) is 0 Å². The van der Waals surface area contributed by atoms with E-state index in [-0.39, 0.29) is 6.42 Å². The number of para-hydroxylation sites is 16. The summed E-state index contributed by atoms with van der Waals surface area (Å²) in [5.41, 5.74) is 8.39. The Morgan fingerprint density at radius 1 is 0.242 bits per heavy atom. The quantitative estimate of drug-likeness (QED) is 0.0251. The highest BCUT2D eigenvalue weighted by molar-refractivity contribution is 5.67. The van der Waals surface area contributed by atoms with Crippen molar-refractivity contribution in [1.82, 2.24) is 42.2 Å². The average Bonchev–Trinajstić information content (AvgIpc) is 1.54. The second-order valence-corrected chi connectivity index (χ2v) is 32.3. The van der Waals surface area contributed by atoms with Crippen LogP contribution < -0.4 is 118 Å². The lowest BCUT2D eigenvalue weighted by molar-refractivity contribution is -0.0875. The fourth-order valence-corrected chi connectivity index (χ4v) is 21.2. The highest BCUT2D eigenvalue weighted by atomic mass is 19.2. The van der Waals surface area contributed by atoms with Crippen LogP contribution in [0.1, 0.15) is 6.42 Å². The van der Waals surface area contributed by atoms with Crippen molar-refractivity contribution in [2.75, 3.05) is 99.5 Å². The van der Waals surface area contributed by atoms with Crippen molar-refractivity contribution in [2.24, 2.45) is 47.3 Å². The van der Waals surface area contributed by atoms with Crippen LogP contribution in [0.5, 0.6) is 46.0 Å². The predicted molar refractivity (Wildman–Crippen MR) is 445 cm³/mol. The molecule has 5 aliphatic heterocycles. The molecule has 0 spiro atoms. The number of hydrazine groups is 1. The fraction of sp³-hybridized carbons (Fsp3) is 0.455. The molecule has 32 heteroatoms. The number of anilines is 8. The molecule has 31 atom stereocenters. The van der Waals surface area contributed by atoms with E-state index < -0.39 is 188 Å². The topological polar surface area (TPSA) is 258 Å². The van der Waals surface area contributed by atoms with Crippen LogP contribution in [-0.2, 0) is 0 Å². The number of hydrogen-bond acceptors (Lipinski definition) is 24. The van der Waals surface area contributed by atoms with Gasteiger partial charge < -0.3 is 80.5 Å². The number of alkyl halides is 8. The second kappa shape index (κ2) is 35.0. The van der Waals surface area contributed by atoms with Crippen molar-refractivity contribution in [2.45, 2.75) is 147 Å². The first-order valence-corrected chi connectivity index (χ1v) is 40.9. The summed E-state index contributed by atoms with van der Waals surface area (Å²) in [4.78, 5) is 0. The maximum absolute atomic E-state index is 18.4. The van der Waals surface area contributed by atoms with Crippen LogP contribution in [-0.4, -0.2) is 203 Å². The Morgan fingerprint density at radius 3 is 0.767 bits per heavy atom. The van der Waals surface area contributed by atoms with Gasteiger partial charge in [0.25, 0.3) is 0 Å². The third kappa shape index (κ3) is 15.0. The molecule has 0 aromatic heterocycles. The van der Waals surface area contributed by atoms with Crippen LogP contribution in [0.15, 0.2) is 194 Å². The lowest BCUT2D eigenvalue weighted by Gasteiger charge is -2.53. The molecule has 9 aliphatic rings. The Morgan fingerprint density at radius 2 is 0.467 bits per heavy atom. The van der Waals surface area contributed by atoms with Crippen molar-refractivity contribution in [3.05, 3.63) is 194 Å². The van der Waals surface area contributed by atoms with Crippen molar-refractivity contribution in [1.29, 1.82) is 0 Å². The first-order valence-electron chi connectivity index (χ1n) is 40.9. The summed E-state index contributed by atoms with van der Waals surface area (Å²) in [5.74, 6) is -6.53. The summed E-state index contributed by atoms with van der Waals surface area (Å²) >= 11 is 0. The maximum atomic E-state index is 18.4.